The lowest BCUT2D eigenvalue weighted by molar-refractivity contribution is 0.375. The van der Waals surface area contributed by atoms with Crippen molar-refractivity contribution < 1.29 is 8.42 Å². The number of nitrogens with two attached hydrogens (primary N) is 1. The number of hydrogen-bond acceptors (Lipinski definition) is 4. The third-order valence-electron chi connectivity index (χ3n) is 3.30. The average Bonchev–Trinajstić information content (AvgIpc) is 2.70. The number of hydrazine groups is 1. The second kappa shape index (κ2) is 4.53. The third kappa shape index (κ3) is 2.36. The van der Waals surface area contributed by atoms with Crippen LogP contribution in [0.15, 0.2) is 29.2 Å². The van der Waals surface area contributed by atoms with E-state index in [1.165, 1.54) is 4.31 Å². The molecule has 0 amide bonds. The summed E-state index contributed by atoms with van der Waals surface area (Å²) in [6, 6.07) is 6.70. The maximum atomic E-state index is 12.5. The van der Waals surface area contributed by atoms with Gasteiger partial charge in [-0.05, 0) is 24.0 Å². The van der Waals surface area contributed by atoms with E-state index in [9.17, 15) is 8.42 Å². The van der Waals surface area contributed by atoms with Crippen molar-refractivity contribution in [3.63, 3.8) is 0 Å². The molecule has 1 saturated heterocycles. The number of benzene rings is 1. The van der Waals surface area contributed by atoms with Gasteiger partial charge in [-0.15, -0.1) is 0 Å². The third-order valence-corrected chi connectivity index (χ3v) is 5.21. The number of para-hydroxylation sites is 1. The van der Waals surface area contributed by atoms with Crippen LogP contribution >= 0.6 is 0 Å². The number of sulfonamides is 1. The van der Waals surface area contributed by atoms with E-state index in [0.717, 1.165) is 6.42 Å². The maximum absolute atomic E-state index is 12.5. The Hall–Kier alpha value is -1.11. The van der Waals surface area contributed by atoms with Gasteiger partial charge in [0.05, 0.1) is 5.69 Å². The van der Waals surface area contributed by atoms with Crippen molar-refractivity contribution in [3.05, 3.63) is 24.3 Å². The van der Waals surface area contributed by atoms with Crippen molar-refractivity contribution in [3.8, 4) is 0 Å². The molecule has 0 atom stereocenters. The zero-order valence-corrected chi connectivity index (χ0v) is 11.5. The molecule has 0 aromatic heterocycles. The minimum Gasteiger partial charge on any atom is -0.323 e. The first-order valence-corrected chi connectivity index (χ1v) is 7.37. The summed E-state index contributed by atoms with van der Waals surface area (Å²) in [4.78, 5) is 0.241. The van der Waals surface area contributed by atoms with E-state index in [1.807, 2.05) is 0 Å². The Morgan fingerprint density at radius 1 is 1.33 bits per heavy atom. The van der Waals surface area contributed by atoms with Crippen molar-refractivity contribution in [1.82, 2.24) is 4.31 Å². The fraction of sp³-hybridized carbons (Fsp3) is 0.500. The summed E-state index contributed by atoms with van der Waals surface area (Å²) in [7, 11) is -3.46. The van der Waals surface area contributed by atoms with Crippen molar-refractivity contribution in [2.75, 3.05) is 18.5 Å². The Bertz CT molecular complexity index is 540. The van der Waals surface area contributed by atoms with Crippen LogP contribution in [0.4, 0.5) is 5.69 Å². The highest BCUT2D eigenvalue weighted by Gasteiger charge is 2.37. The molecule has 1 aromatic carbocycles. The molecule has 18 heavy (non-hydrogen) atoms. The fourth-order valence-corrected chi connectivity index (χ4v) is 4.00. The Kier molecular flexibility index (Phi) is 3.35. The zero-order valence-electron chi connectivity index (χ0n) is 10.7. The molecule has 0 aliphatic carbocycles. The smallest absolute Gasteiger partial charge is 0.245 e. The second-order valence-corrected chi connectivity index (χ2v) is 7.30. The number of nitrogens with one attached hydrogen (secondary N) is 1. The molecule has 1 aromatic rings. The van der Waals surface area contributed by atoms with Gasteiger partial charge < -0.3 is 5.43 Å². The molecule has 5 nitrogen and oxygen atoms in total. The Morgan fingerprint density at radius 3 is 2.56 bits per heavy atom. The Balaban J connectivity index is 2.38. The van der Waals surface area contributed by atoms with Crippen molar-refractivity contribution >= 4 is 15.7 Å². The maximum Gasteiger partial charge on any atom is 0.245 e. The molecule has 6 heteroatoms. The van der Waals surface area contributed by atoms with Gasteiger partial charge in [-0.25, -0.2) is 8.42 Å². The van der Waals surface area contributed by atoms with Crippen LogP contribution in [0.3, 0.4) is 0 Å². The van der Waals surface area contributed by atoms with Crippen LogP contribution in [0.2, 0.25) is 0 Å². The lowest BCUT2D eigenvalue weighted by Gasteiger charge is -2.20. The first kappa shape index (κ1) is 13.3. The molecule has 0 saturated carbocycles. The largest absolute Gasteiger partial charge is 0.323 e. The van der Waals surface area contributed by atoms with Gasteiger partial charge in [0.1, 0.15) is 4.90 Å². The molecule has 0 spiro atoms. The number of nitrogen functional groups attached to an aromatic ring is 1. The van der Waals surface area contributed by atoms with E-state index < -0.39 is 10.0 Å². The van der Waals surface area contributed by atoms with Gasteiger partial charge in [0.2, 0.25) is 10.0 Å². The van der Waals surface area contributed by atoms with Crippen molar-refractivity contribution in [2.45, 2.75) is 25.2 Å². The summed E-state index contributed by atoms with van der Waals surface area (Å²) in [5, 5.41) is 0. The second-order valence-electron chi connectivity index (χ2n) is 5.39. The summed E-state index contributed by atoms with van der Waals surface area (Å²) in [6.07, 6.45) is 0.879. The van der Waals surface area contributed by atoms with Gasteiger partial charge >= 0.3 is 0 Å². The lowest BCUT2D eigenvalue weighted by Crippen LogP contribution is -2.31. The normalized spacial score (nSPS) is 19.9. The van der Waals surface area contributed by atoms with E-state index in [1.54, 1.807) is 24.3 Å². The molecular formula is C12H19N3O2S. The average molecular weight is 269 g/mol. The highest BCUT2D eigenvalue weighted by atomic mass is 32.2. The highest BCUT2D eigenvalue weighted by molar-refractivity contribution is 7.89. The summed E-state index contributed by atoms with van der Waals surface area (Å²) < 4.78 is 26.6. The first-order chi connectivity index (χ1) is 8.37. The molecule has 1 heterocycles. The molecular weight excluding hydrogens is 250 g/mol. The number of anilines is 1. The van der Waals surface area contributed by atoms with Gasteiger partial charge in [0, 0.05) is 13.1 Å². The molecule has 0 bridgehead atoms. The summed E-state index contributed by atoms with van der Waals surface area (Å²) in [5.74, 6) is 5.37. The SMILES string of the molecule is CC1(C)CCN(S(=O)(=O)c2ccccc2NN)C1. The van der Waals surface area contributed by atoms with Gasteiger partial charge in [-0.2, -0.15) is 4.31 Å². The van der Waals surface area contributed by atoms with E-state index in [-0.39, 0.29) is 10.3 Å². The molecule has 1 aliphatic heterocycles. The molecule has 2 rings (SSSR count). The van der Waals surface area contributed by atoms with Crippen LogP contribution < -0.4 is 11.3 Å². The Morgan fingerprint density at radius 2 is 2.00 bits per heavy atom. The Labute approximate surface area is 108 Å². The molecule has 3 N–H and O–H groups in total. The van der Waals surface area contributed by atoms with Crippen molar-refractivity contribution in [2.24, 2.45) is 11.3 Å². The summed E-state index contributed by atoms with van der Waals surface area (Å²) >= 11 is 0. The first-order valence-electron chi connectivity index (χ1n) is 5.93. The van der Waals surface area contributed by atoms with Gasteiger partial charge in [0.15, 0.2) is 0 Å². The van der Waals surface area contributed by atoms with Crippen LogP contribution in [0.1, 0.15) is 20.3 Å². The van der Waals surface area contributed by atoms with Crippen LogP contribution in [-0.4, -0.2) is 25.8 Å². The minimum atomic E-state index is -3.46. The molecule has 1 aliphatic rings. The predicted molar refractivity (Wildman–Crippen MR) is 71.4 cm³/mol. The fourth-order valence-electron chi connectivity index (χ4n) is 2.22. The highest BCUT2D eigenvalue weighted by Crippen LogP contribution is 2.34. The molecule has 1 fully saturated rings. The van der Waals surface area contributed by atoms with Crippen LogP contribution in [-0.2, 0) is 10.0 Å². The number of rotatable bonds is 3. The summed E-state index contributed by atoms with van der Waals surface area (Å²) in [5.41, 5.74) is 2.91. The van der Waals surface area contributed by atoms with Gasteiger partial charge in [0.25, 0.3) is 0 Å². The van der Waals surface area contributed by atoms with E-state index in [4.69, 9.17) is 5.84 Å². The molecule has 100 valence electrons. The lowest BCUT2D eigenvalue weighted by atomic mass is 9.93. The van der Waals surface area contributed by atoms with E-state index >= 15 is 0 Å². The topological polar surface area (TPSA) is 75.4 Å². The van der Waals surface area contributed by atoms with Crippen molar-refractivity contribution in [1.29, 1.82) is 0 Å². The van der Waals surface area contributed by atoms with Gasteiger partial charge in [-0.1, -0.05) is 26.0 Å². The zero-order chi connectivity index (χ0) is 13.4. The van der Waals surface area contributed by atoms with Crippen LogP contribution in [0.5, 0.6) is 0 Å². The van der Waals surface area contributed by atoms with E-state index in [2.05, 4.69) is 19.3 Å². The standard InChI is InChI=1S/C12H19N3O2S/c1-12(2)7-8-15(9-12)18(16,17)11-6-4-3-5-10(11)14-13/h3-6,14H,7-9,13H2,1-2H3. The monoisotopic (exact) mass is 269 g/mol. The summed E-state index contributed by atoms with van der Waals surface area (Å²) in [6.45, 7) is 5.27. The van der Waals surface area contributed by atoms with Crippen LogP contribution in [0.25, 0.3) is 0 Å². The molecule has 0 unspecified atom stereocenters. The predicted octanol–water partition coefficient (Wildman–Crippen LogP) is 1.39. The van der Waals surface area contributed by atoms with E-state index in [0.29, 0.717) is 18.8 Å². The minimum absolute atomic E-state index is 0.0398. The molecule has 0 radical (unpaired) electrons. The number of hydrogen-bond donors (Lipinski definition) is 2. The number of nitrogens with zero attached hydrogens (tertiary/aromatic N) is 1. The van der Waals surface area contributed by atoms with Gasteiger partial charge in [-0.3, -0.25) is 5.84 Å². The van der Waals surface area contributed by atoms with Crippen LogP contribution in [0, 0.1) is 5.41 Å². The quantitative estimate of drug-likeness (QED) is 0.642.